The first-order valence-electron chi connectivity index (χ1n) is 6.74. The number of carbonyl (C=O) groups excluding carboxylic acids is 1. The number of alkyl carbamates (subject to hydrolysis) is 1. The normalized spacial score (nSPS) is 25.5. The first-order valence-corrected chi connectivity index (χ1v) is 6.74. The van der Waals surface area contributed by atoms with E-state index in [0.717, 1.165) is 6.42 Å². The molecule has 1 aliphatic rings. The van der Waals surface area contributed by atoms with Crippen LogP contribution in [0.4, 0.5) is 4.79 Å². The molecule has 1 amide bonds. The second kappa shape index (κ2) is 5.08. The Morgan fingerprint density at radius 2 is 1.89 bits per heavy atom. The average molecular weight is 256 g/mol. The standard InChI is InChI=1S/C14H28N2O2/c1-13(2,3)11(10-7-9(10)8-15)16-12(17)18-14(4,5)6/h9-11H,7-8,15H2,1-6H3,(H,16,17). The van der Waals surface area contributed by atoms with E-state index in [0.29, 0.717) is 18.4 Å². The Hall–Kier alpha value is -0.770. The van der Waals surface area contributed by atoms with Gasteiger partial charge in [0.25, 0.3) is 0 Å². The highest BCUT2D eigenvalue weighted by Gasteiger charge is 2.47. The molecular formula is C14H28N2O2. The minimum atomic E-state index is -0.455. The monoisotopic (exact) mass is 256 g/mol. The molecule has 106 valence electrons. The van der Waals surface area contributed by atoms with E-state index in [1.807, 2.05) is 20.8 Å². The van der Waals surface area contributed by atoms with Gasteiger partial charge in [0.2, 0.25) is 0 Å². The summed E-state index contributed by atoms with van der Waals surface area (Å²) in [5.41, 5.74) is 5.26. The van der Waals surface area contributed by atoms with Gasteiger partial charge in [0.15, 0.2) is 0 Å². The quantitative estimate of drug-likeness (QED) is 0.815. The van der Waals surface area contributed by atoms with Crippen LogP contribution in [0.2, 0.25) is 0 Å². The molecule has 1 saturated carbocycles. The number of carbonyl (C=O) groups is 1. The van der Waals surface area contributed by atoms with Crippen molar-refractivity contribution >= 4 is 6.09 Å². The molecule has 0 saturated heterocycles. The van der Waals surface area contributed by atoms with E-state index < -0.39 is 5.60 Å². The maximum Gasteiger partial charge on any atom is 0.407 e. The van der Waals surface area contributed by atoms with Crippen LogP contribution < -0.4 is 11.1 Å². The highest BCUT2D eigenvalue weighted by molar-refractivity contribution is 5.68. The topological polar surface area (TPSA) is 64.3 Å². The summed E-state index contributed by atoms with van der Waals surface area (Å²) in [6, 6.07) is 0.126. The zero-order valence-electron chi connectivity index (χ0n) is 12.5. The van der Waals surface area contributed by atoms with Gasteiger partial charge in [-0.05, 0) is 51.0 Å². The van der Waals surface area contributed by atoms with E-state index in [1.165, 1.54) is 0 Å². The van der Waals surface area contributed by atoms with E-state index in [-0.39, 0.29) is 17.6 Å². The molecule has 0 aromatic carbocycles. The summed E-state index contributed by atoms with van der Waals surface area (Å²) in [5.74, 6) is 1.03. The second-order valence-electron chi connectivity index (χ2n) is 7.39. The lowest BCUT2D eigenvalue weighted by atomic mass is 9.83. The highest BCUT2D eigenvalue weighted by atomic mass is 16.6. The summed E-state index contributed by atoms with van der Waals surface area (Å²) >= 11 is 0. The van der Waals surface area contributed by atoms with Crippen LogP contribution in [-0.2, 0) is 4.74 Å². The Morgan fingerprint density at radius 1 is 1.33 bits per heavy atom. The summed E-state index contributed by atoms with van der Waals surface area (Å²) < 4.78 is 5.33. The minimum Gasteiger partial charge on any atom is -0.444 e. The van der Waals surface area contributed by atoms with Crippen LogP contribution >= 0.6 is 0 Å². The Morgan fingerprint density at radius 3 is 2.22 bits per heavy atom. The zero-order valence-corrected chi connectivity index (χ0v) is 12.5. The minimum absolute atomic E-state index is 0.0193. The van der Waals surface area contributed by atoms with Crippen molar-refractivity contribution < 1.29 is 9.53 Å². The maximum absolute atomic E-state index is 11.9. The van der Waals surface area contributed by atoms with Gasteiger partial charge < -0.3 is 15.8 Å². The number of hydrogen-bond donors (Lipinski definition) is 2. The average Bonchev–Trinajstić information content (AvgIpc) is 2.88. The molecule has 4 nitrogen and oxygen atoms in total. The van der Waals surface area contributed by atoms with Gasteiger partial charge in [-0.2, -0.15) is 0 Å². The largest absolute Gasteiger partial charge is 0.444 e. The molecule has 0 bridgehead atoms. The number of amides is 1. The van der Waals surface area contributed by atoms with Crippen molar-refractivity contribution in [2.24, 2.45) is 23.0 Å². The third-order valence-electron chi connectivity index (χ3n) is 3.31. The molecule has 4 heteroatoms. The molecule has 0 aromatic heterocycles. The molecule has 1 fully saturated rings. The molecule has 0 radical (unpaired) electrons. The lowest BCUT2D eigenvalue weighted by Gasteiger charge is -2.33. The van der Waals surface area contributed by atoms with E-state index in [1.54, 1.807) is 0 Å². The van der Waals surface area contributed by atoms with Gasteiger partial charge in [0, 0.05) is 6.04 Å². The summed E-state index contributed by atoms with van der Waals surface area (Å²) in [5, 5.41) is 3.02. The van der Waals surface area contributed by atoms with Crippen LogP contribution in [0.25, 0.3) is 0 Å². The first-order chi connectivity index (χ1) is 8.04. The van der Waals surface area contributed by atoms with Crippen molar-refractivity contribution in [2.45, 2.75) is 59.6 Å². The molecule has 0 aromatic rings. The van der Waals surface area contributed by atoms with E-state index in [9.17, 15) is 4.79 Å². The van der Waals surface area contributed by atoms with Gasteiger partial charge in [-0.1, -0.05) is 20.8 Å². The summed E-state index contributed by atoms with van der Waals surface area (Å²) in [4.78, 5) is 11.9. The van der Waals surface area contributed by atoms with Crippen molar-refractivity contribution in [2.75, 3.05) is 6.54 Å². The van der Waals surface area contributed by atoms with Crippen LogP contribution in [0, 0.1) is 17.3 Å². The van der Waals surface area contributed by atoms with Gasteiger partial charge in [-0.25, -0.2) is 4.79 Å². The lowest BCUT2D eigenvalue weighted by Crippen LogP contribution is -2.47. The Labute approximate surface area is 111 Å². The molecule has 18 heavy (non-hydrogen) atoms. The van der Waals surface area contributed by atoms with Gasteiger partial charge in [-0.3, -0.25) is 0 Å². The molecule has 0 heterocycles. The number of ether oxygens (including phenoxy) is 1. The molecule has 3 N–H and O–H groups in total. The van der Waals surface area contributed by atoms with Gasteiger partial charge >= 0.3 is 6.09 Å². The summed E-state index contributed by atoms with van der Waals surface area (Å²) in [6.07, 6.45) is 0.777. The number of rotatable bonds is 3. The Balaban J connectivity index is 2.61. The molecule has 3 unspecified atom stereocenters. The number of hydrogen-bond acceptors (Lipinski definition) is 3. The SMILES string of the molecule is CC(C)(C)OC(=O)NC(C1CC1CN)C(C)(C)C. The van der Waals surface area contributed by atoms with Crippen LogP contribution in [-0.4, -0.2) is 24.3 Å². The highest BCUT2D eigenvalue weighted by Crippen LogP contribution is 2.45. The van der Waals surface area contributed by atoms with Gasteiger partial charge in [0.05, 0.1) is 0 Å². The van der Waals surface area contributed by atoms with E-state index >= 15 is 0 Å². The molecular weight excluding hydrogens is 228 g/mol. The van der Waals surface area contributed by atoms with Crippen LogP contribution in [0.5, 0.6) is 0 Å². The number of nitrogens with two attached hydrogens (primary N) is 1. The van der Waals surface area contributed by atoms with Gasteiger partial charge in [-0.15, -0.1) is 0 Å². The van der Waals surface area contributed by atoms with Crippen molar-refractivity contribution in [3.63, 3.8) is 0 Å². The van der Waals surface area contributed by atoms with Crippen molar-refractivity contribution in [3.05, 3.63) is 0 Å². The smallest absolute Gasteiger partial charge is 0.407 e. The second-order valence-corrected chi connectivity index (χ2v) is 7.39. The summed E-state index contributed by atoms with van der Waals surface area (Å²) in [6.45, 7) is 12.7. The first kappa shape index (κ1) is 15.3. The molecule has 0 spiro atoms. The third-order valence-corrected chi connectivity index (χ3v) is 3.31. The Kier molecular flexibility index (Phi) is 4.31. The predicted molar refractivity (Wildman–Crippen MR) is 73.3 cm³/mol. The van der Waals surface area contributed by atoms with Crippen LogP contribution in [0.1, 0.15) is 48.0 Å². The van der Waals surface area contributed by atoms with Crippen molar-refractivity contribution in [1.29, 1.82) is 0 Å². The fourth-order valence-electron chi connectivity index (χ4n) is 2.35. The third kappa shape index (κ3) is 4.48. The van der Waals surface area contributed by atoms with Crippen LogP contribution in [0.15, 0.2) is 0 Å². The molecule has 1 rings (SSSR count). The fraction of sp³-hybridized carbons (Fsp3) is 0.929. The van der Waals surface area contributed by atoms with Gasteiger partial charge in [0.1, 0.15) is 5.60 Å². The molecule has 1 aliphatic carbocycles. The van der Waals surface area contributed by atoms with E-state index in [4.69, 9.17) is 10.5 Å². The molecule has 3 atom stereocenters. The summed E-state index contributed by atoms with van der Waals surface area (Å²) in [7, 11) is 0. The maximum atomic E-state index is 11.9. The van der Waals surface area contributed by atoms with Crippen LogP contribution in [0.3, 0.4) is 0 Å². The molecule has 0 aliphatic heterocycles. The van der Waals surface area contributed by atoms with Crippen molar-refractivity contribution in [3.8, 4) is 0 Å². The zero-order chi connectivity index (χ0) is 14.1. The van der Waals surface area contributed by atoms with Crippen molar-refractivity contribution in [1.82, 2.24) is 5.32 Å². The lowest BCUT2D eigenvalue weighted by molar-refractivity contribution is 0.0448. The van der Waals surface area contributed by atoms with E-state index in [2.05, 4.69) is 26.1 Å². The Bertz CT molecular complexity index is 302. The predicted octanol–water partition coefficient (Wildman–Crippen LogP) is 2.52. The number of nitrogens with one attached hydrogen (secondary N) is 1. The fourth-order valence-corrected chi connectivity index (χ4v) is 2.35.